The standard InChI is InChI=1S/C18H12O5/c1-23-17-14(10-6-2-5-9-13(10)18(21)22)15(19)11-7-3-4-8-12(11)16(17)20/h2-9H,1H3,(H,21,22). The topological polar surface area (TPSA) is 80.7 Å². The van der Waals surface area contributed by atoms with E-state index in [2.05, 4.69) is 0 Å². The van der Waals surface area contributed by atoms with Crippen LogP contribution < -0.4 is 0 Å². The number of ether oxygens (including phenoxy) is 1. The van der Waals surface area contributed by atoms with Crippen LogP contribution in [0.4, 0.5) is 0 Å². The molecule has 1 aliphatic carbocycles. The number of ketones is 2. The maximum Gasteiger partial charge on any atom is 0.336 e. The highest BCUT2D eigenvalue weighted by molar-refractivity contribution is 6.40. The number of fused-ring (bicyclic) bond motifs is 1. The van der Waals surface area contributed by atoms with Gasteiger partial charge in [0, 0.05) is 16.7 Å². The fourth-order valence-corrected chi connectivity index (χ4v) is 2.68. The van der Waals surface area contributed by atoms with Gasteiger partial charge in [-0.15, -0.1) is 0 Å². The van der Waals surface area contributed by atoms with E-state index < -0.39 is 17.5 Å². The first-order chi connectivity index (χ1) is 11.1. The first kappa shape index (κ1) is 14.7. The van der Waals surface area contributed by atoms with Crippen molar-refractivity contribution in [2.45, 2.75) is 0 Å². The van der Waals surface area contributed by atoms with Gasteiger partial charge in [-0.1, -0.05) is 42.5 Å². The highest BCUT2D eigenvalue weighted by Gasteiger charge is 2.35. The summed E-state index contributed by atoms with van der Waals surface area (Å²) in [6.07, 6.45) is 0. The van der Waals surface area contributed by atoms with Gasteiger partial charge in [-0.2, -0.15) is 0 Å². The van der Waals surface area contributed by atoms with Crippen molar-refractivity contribution in [1.82, 2.24) is 0 Å². The summed E-state index contributed by atoms with van der Waals surface area (Å²) in [7, 11) is 1.29. The molecule has 2 aromatic carbocycles. The fourth-order valence-electron chi connectivity index (χ4n) is 2.68. The Bertz CT molecular complexity index is 876. The predicted octanol–water partition coefficient (Wildman–Crippen LogP) is 2.82. The molecule has 2 aromatic rings. The summed E-state index contributed by atoms with van der Waals surface area (Å²) >= 11 is 0. The Kier molecular flexibility index (Phi) is 3.54. The van der Waals surface area contributed by atoms with Crippen LogP contribution in [0.2, 0.25) is 0 Å². The summed E-state index contributed by atoms with van der Waals surface area (Å²) in [5.41, 5.74) is 0.593. The first-order valence-electron chi connectivity index (χ1n) is 6.85. The molecule has 114 valence electrons. The van der Waals surface area contributed by atoms with Crippen LogP contribution in [-0.2, 0) is 4.74 Å². The molecular formula is C18H12O5. The number of allylic oxidation sites excluding steroid dienone is 2. The number of hydrogen-bond acceptors (Lipinski definition) is 4. The van der Waals surface area contributed by atoms with Gasteiger partial charge in [0.1, 0.15) is 0 Å². The average molecular weight is 308 g/mol. The van der Waals surface area contributed by atoms with Gasteiger partial charge in [-0.05, 0) is 6.07 Å². The number of methoxy groups -OCH3 is 1. The molecule has 1 N–H and O–H groups in total. The van der Waals surface area contributed by atoms with Crippen molar-refractivity contribution in [3.63, 3.8) is 0 Å². The van der Waals surface area contributed by atoms with Crippen LogP contribution in [-0.4, -0.2) is 29.8 Å². The van der Waals surface area contributed by atoms with Crippen molar-refractivity contribution < 1.29 is 24.2 Å². The third kappa shape index (κ3) is 2.23. The number of carboxylic acids is 1. The van der Waals surface area contributed by atoms with E-state index in [4.69, 9.17) is 4.74 Å². The van der Waals surface area contributed by atoms with Crippen molar-refractivity contribution in [1.29, 1.82) is 0 Å². The van der Waals surface area contributed by atoms with E-state index in [1.807, 2.05) is 0 Å². The largest absolute Gasteiger partial charge is 0.492 e. The molecule has 0 aromatic heterocycles. The molecule has 0 unspecified atom stereocenters. The van der Waals surface area contributed by atoms with Gasteiger partial charge < -0.3 is 9.84 Å². The van der Waals surface area contributed by atoms with E-state index in [0.29, 0.717) is 0 Å². The zero-order valence-electron chi connectivity index (χ0n) is 12.2. The average Bonchev–Trinajstić information content (AvgIpc) is 2.57. The van der Waals surface area contributed by atoms with E-state index >= 15 is 0 Å². The third-order valence-corrected chi connectivity index (χ3v) is 3.71. The van der Waals surface area contributed by atoms with Gasteiger partial charge in [0.15, 0.2) is 11.5 Å². The summed E-state index contributed by atoms with van der Waals surface area (Å²) in [4.78, 5) is 36.8. The minimum absolute atomic E-state index is 0.0193. The van der Waals surface area contributed by atoms with Gasteiger partial charge in [-0.3, -0.25) is 9.59 Å². The van der Waals surface area contributed by atoms with E-state index in [1.54, 1.807) is 36.4 Å². The van der Waals surface area contributed by atoms with Crippen molar-refractivity contribution in [2.75, 3.05) is 7.11 Å². The van der Waals surface area contributed by atoms with E-state index in [1.165, 1.54) is 19.2 Å². The molecule has 0 saturated carbocycles. The second kappa shape index (κ2) is 5.53. The molecule has 5 nitrogen and oxygen atoms in total. The quantitative estimate of drug-likeness (QED) is 0.943. The van der Waals surface area contributed by atoms with Crippen LogP contribution in [0.25, 0.3) is 5.57 Å². The molecule has 0 heterocycles. The molecule has 0 fully saturated rings. The highest BCUT2D eigenvalue weighted by Crippen LogP contribution is 2.34. The molecule has 0 atom stereocenters. The van der Waals surface area contributed by atoms with Crippen LogP contribution >= 0.6 is 0 Å². The van der Waals surface area contributed by atoms with Crippen molar-refractivity contribution in [3.05, 3.63) is 76.5 Å². The first-order valence-corrected chi connectivity index (χ1v) is 6.85. The summed E-state index contributed by atoms with van der Waals surface area (Å²) < 4.78 is 5.15. The number of aromatic carboxylic acids is 1. The van der Waals surface area contributed by atoms with Crippen molar-refractivity contribution in [3.8, 4) is 0 Å². The van der Waals surface area contributed by atoms with Crippen LogP contribution in [0.1, 0.15) is 36.6 Å². The molecule has 0 bridgehead atoms. The summed E-state index contributed by atoms with van der Waals surface area (Å²) in [6, 6.07) is 12.5. The Morgan fingerprint density at radius 2 is 1.39 bits per heavy atom. The molecule has 0 aliphatic heterocycles. The van der Waals surface area contributed by atoms with Crippen LogP contribution in [0.15, 0.2) is 54.3 Å². The molecule has 0 radical (unpaired) electrons. The zero-order valence-corrected chi connectivity index (χ0v) is 12.2. The molecule has 23 heavy (non-hydrogen) atoms. The molecule has 0 saturated heterocycles. The van der Waals surface area contributed by atoms with Crippen LogP contribution in [0, 0.1) is 0 Å². The molecule has 1 aliphatic rings. The molecule has 0 amide bonds. The lowest BCUT2D eigenvalue weighted by atomic mass is 9.83. The SMILES string of the molecule is COC1=C(c2ccccc2C(=O)O)C(=O)c2ccccc2C1=O. The fraction of sp³-hybridized carbons (Fsp3) is 0.0556. The van der Waals surface area contributed by atoms with Crippen molar-refractivity contribution >= 4 is 23.1 Å². The monoisotopic (exact) mass is 308 g/mol. The van der Waals surface area contributed by atoms with Gasteiger partial charge in [0.2, 0.25) is 5.78 Å². The number of carboxylic acid groups (broad SMARTS) is 1. The molecular weight excluding hydrogens is 296 g/mol. The van der Waals surface area contributed by atoms with Crippen LogP contribution in [0.5, 0.6) is 0 Å². The van der Waals surface area contributed by atoms with Gasteiger partial charge in [-0.25, -0.2) is 4.79 Å². The highest BCUT2D eigenvalue weighted by atomic mass is 16.5. The van der Waals surface area contributed by atoms with Gasteiger partial charge in [0.25, 0.3) is 0 Å². The summed E-state index contributed by atoms with van der Waals surface area (Å²) in [5.74, 6) is -2.17. The minimum Gasteiger partial charge on any atom is -0.492 e. The third-order valence-electron chi connectivity index (χ3n) is 3.71. The Morgan fingerprint density at radius 3 is 1.96 bits per heavy atom. The normalized spacial score (nSPS) is 13.8. The van der Waals surface area contributed by atoms with E-state index in [-0.39, 0.29) is 33.6 Å². The molecule has 5 heteroatoms. The molecule has 0 spiro atoms. The second-order valence-corrected chi connectivity index (χ2v) is 4.96. The van der Waals surface area contributed by atoms with E-state index in [0.717, 1.165) is 0 Å². The van der Waals surface area contributed by atoms with Gasteiger partial charge >= 0.3 is 5.97 Å². The lowest BCUT2D eigenvalue weighted by molar-refractivity contribution is 0.0696. The minimum atomic E-state index is -1.18. The summed E-state index contributed by atoms with van der Waals surface area (Å²) in [5, 5.41) is 9.34. The maximum atomic E-state index is 12.8. The lowest BCUT2D eigenvalue weighted by Crippen LogP contribution is -2.23. The number of benzene rings is 2. The Labute approximate surface area is 131 Å². The zero-order chi connectivity index (χ0) is 16.6. The van der Waals surface area contributed by atoms with E-state index in [9.17, 15) is 19.5 Å². The van der Waals surface area contributed by atoms with Crippen LogP contribution in [0.3, 0.4) is 0 Å². The maximum absolute atomic E-state index is 12.8. The smallest absolute Gasteiger partial charge is 0.336 e. The Balaban J connectivity index is 2.32. The number of Topliss-reactive ketones (excluding diaryl/α,β-unsaturated/α-hetero) is 2. The summed E-state index contributed by atoms with van der Waals surface area (Å²) in [6.45, 7) is 0. The Hall–Kier alpha value is -3.21. The number of carbonyl (C=O) groups is 3. The number of hydrogen-bond donors (Lipinski definition) is 1. The molecule has 3 rings (SSSR count). The number of rotatable bonds is 3. The lowest BCUT2D eigenvalue weighted by Gasteiger charge is -2.20. The number of carbonyl (C=O) groups excluding carboxylic acids is 2. The Morgan fingerprint density at radius 1 is 0.870 bits per heavy atom. The second-order valence-electron chi connectivity index (χ2n) is 4.96. The predicted molar refractivity (Wildman–Crippen MR) is 82.4 cm³/mol. The van der Waals surface area contributed by atoms with Crippen molar-refractivity contribution in [2.24, 2.45) is 0 Å². The van der Waals surface area contributed by atoms with Gasteiger partial charge in [0.05, 0.1) is 18.2 Å².